The van der Waals surface area contributed by atoms with E-state index < -0.39 is 0 Å². The van der Waals surface area contributed by atoms with Gasteiger partial charge in [0.15, 0.2) is 11.0 Å². The van der Waals surface area contributed by atoms with Crippen molar-refractivity contribution in [3.8, 4) is 22.6 Å². The van der Waals surface area contributed by atoms with Crippen LogP contribution in [-0.4, -0.2) is 55.2 Å². The molecule has 0 spiro atoms. The van der Waals surface area contributed by atoms with E-state index in [9.17, 15) is 0 Å². The second-order valence-electron chi connectivity index (χ2n) is 9.60. The first kappa shape index (κ1) is 23.9. The minimum absolute atomic E-state index is 0.845. The summed E-state index contributed by atoms with van der Waals surface area (Å²) < 4.78 is 7.35. The molecule has 6 rings (SSSR count). The van der Waals surface area contributed by atoms with Crippen LogP contribution in [0.1, 0.15) is 23.3 Å². The van der Waals surface area contributed by atoms with E-state index in [1.165, 1.54) is 11.1 Å². The lowest BCUT2D eigenvalue weighted by Crippen LogP contribution is -2.27. The van der Waals surface area contributed by atoms with Gasteiger partial charge in [-0.3, -0.25) is 4.98 Å². The zero-order chi connectivity index (χ0) is 25.2. The fourth-order valence-corrected chi connectivity index (χ4v) is 5.90. The van der Waals surface area contributed by atoms with Crippen LogP contribution in [0, 0.1) is 6.92 Å². The van der Waals surface area contributed by atoms with Crippen molar-refractivity contribution in [3.63, 3.8) is 0 Å². The van der Waals surface area contributed by atoms with E-state index in [0.717, 1.165) is 89.1 Å². The minimum atomic E-state index is 0.845. The Morgan fingerprint density at radius 1 is 0.973 bits per heavy atom. The predicted octanol–water partition coefficient (Wildman–Crippen LogP) is 5.58. The van der Waals surface area contributed by atoms with Crippen LogP contribution in [0.4, 0.5) is 0 Å². The Kier molecular flexibility index (Phi) is 6.76. The first-order chi connectivity index (χ1) is 18.2. The Labute approximate surface area is 220 Å². The number of pyridine rings is 1. The summed E-state index contributed by atoms with van der Waals surface area (Å²) in [6, 6.07) is 19.0. The number of nitrogens with zero attached hydrogens (tertiary/aromatic N) is 6. The number of fused-ring (bicyclic) bond motifs is 2. The molecule has 0 saturated heterocycles. The predicted molar refractivity (Wildman–Crippen MR) is 148 cm³/mol. The van der Waals surface area contributed by atoms with Gasteiger partial charge in [0, 0.05) is 54.7 Å². The number of benzene rings is 2. The monoisotopic (exact) mass is 510 g/mol. The van der Waals surface area contributed by atoms with E-state index in [1.807, 2.05) is 32.3 Å². The Morgan fingerprint density at radius 3 is 2.70 bits per heavy atom. The number of aryl methyl sites for hydroxylation is 1. The maximum absolute atomic E-state index is 5.27. The third-order valence-electron chi connectivity index (χ3n) is 7.08. The number of rotatable bonds is 7. The maximum Gasteiger partial charge on any atom is 0.191 e. The molecule has 3 aromatic heterocycles. The van der Waals surface area contributed by atoms with Crippen molar-refractivity contribution >= 4 is 22.7 Å². The van der Waals surface area contributed by atoms with E-state index in [0.29, 0.717) is 0 Å². The van der Waals surface area contributed by atoms with Crippen LogP contribution < -0.4 is 0 Å². The van der Waals surface area contributed by atoms with E-state index in [4.69, 9.17) is 4.52 Å². The van der Waals surface area contributed by atoms with Gasteiger partial charge in [0.25, 0.3) is 0 Å². The normalized spacial score (nSPS) is 14.1. The molecule has 0 N–H and O–H groups in total. The highest BCUT2D eigenvalue weighted by molar-refractivity contribution is 7.99. The molecule has 1 aliphatic heterocycles. The van der Waals surface area contributed by atoms with E-state index >= 15 is 0 Å². The highest BCUT2D eigenvalue weighted by atomic mass is 32.2. The standard InChI is InChI=1S/C29H30N6OS/c1-20-18-26(33-36-20)24-10-9-21-11-15-35(16-12-23(21)19-24)14-5-17-37-29-32-31-28(34(29)2)25-8-3-6-22-7-4-13-30-27(22)25/h3-4,6-10,13,18-19H,5,11-12,14-17H2,1-2H3. The molecular weight excluding hydrogens is 480 g/mol. The first-order valence-corrected chi connectivity index (χ1v) is 13.8. The number of aromatic nitrogens is 5. The summed E-state index contributed by atoms with van der Waals surface area (Å²) in [6.45, 7) is 5.21. The van der Waals surface area contributed by atoms with Gasteiger partial charge in [-0.1, -0.05) is 47.3 Å². The number of hydrogen-bond acceptors (Lipinski definition) is 7. The summed E-state index contributed by atoms with van der Waals surface area (Å²) in [7, 11) is 2.04. The van der Waals surface area contributed by atoms with Crippen molar-refractivity contribution in [1.29, 1.82) is 0 Å². The van der Waals surface area contributed by atoms with Crippen molar-refractivity contribution < 1.29 is 4.52 Å². The molecule has 4 heterocycles. The highest BCUT2D eigenvalue weighted by Gasteiger charge is 2.17. The molecule has 7 nitrogen and oxygen atoms in total. The molecule has 1 aliphatic rings. The van der Waals surface area contributed by atoms with E-state index in [-0.39, 0.29) is 0 Å². The van der Waals surface area contributed by atoms with Gasteiger partial charge in [-0.15, -0.1) is 10.2 Å². The lowest BCUT2D eigenvalue weighted by molar-refractivity contribution is 0.289. The van der Waals surface area contributed by atoms with Gasteiger partial charge in [0.2, 0.25) is 0 Å². The van der Waals surface area contributed by atoms with Gasteiger partial charge in [0.05, 0.1) is 5.52 Å². The smallest absolute Gasteiger partial charge is 0.191 e. The SMILES string of the molecule is Cc1cc(-c2ccc3c(c2)CCN(CCCSc2nnc(-c4cccc5cccnc45)n2C)CC3)no1. The average molecular weight is 511 g/mol. The summed E-state index contributed by atoms with van der Waals surface area (Å²) in [6.07, 6.45) is 5.10. The Balaban J connectivity index is 1.04. The van der Waals surface area contributed by atoms with Crippen LogP contribution in [-0.2, 0) is 19.9 Å². The highest BCUT2D eigenvalue weighted by Crippen LogP contribution is 2.28. The largest absolute Gasteiger partial charge is 0.361 e. The van der Waals surface area contributed by atoms with Crippen molar-refractivity contribution in [2.75, 3.05) is 25.4 Å². The van der Waals surface area contributed by atoms with Crippen LogP contribution in [0.25, 0.3) is 33.5 Å². The van der Waals surface area contributed by atoms with Crippen LogP contribution in [0.3, 0.4) is 0 Å². The summed E-state index contributed by atoms with van der Waals surface area (Å²) in [5.74, 6) is 2.72. The summed E-state index contributed by atoms with van der Waals surface area (Å²) in [4.78, 5) is 7.17. The van der Waals surface area contributed by atoms with Gasteiger partial charge >= 0.3 is 0 Å². The molecule has 0 fully saturated rings. The van der Waals surface area contributed by atoms with Crippen molar-refractivity contribution in [3.05, 3.63) is 77.7 Å². The van der Waals surface area contributed by atoms with Gasteiger partial charge in [-0.2, -0.15) is 0 Å². The second kappa shape index (κ2) is 10.5. The van der Waals surface area contributed by atoms with Crippen LogP contribution in [0.2, 0.25) is 0 Å². The molecule has 0 saturated carbocycles. The van der Waals surface area contributed by atoms with Gasteiger partial charge < -0.3 is 14.0 Å². The summed E-state index contributed by atoms with van der Waals surface area (Å²) in [5.41, 5.74) is 6.93. The van der Waals surface area contributed by atoms with Gasteiger partial charge in [-0.05, 0) is 62.1 Å². The molecule has 0 aliphatic carbocycles. The third kappa shape index (κ3) is 5.04. The van der Waals surface area contributed by atoms with Crippen LogP contribution in [0.15, 0.2) is 70.5 Å². The zero-order valence-electron chi connectivity index (χ0n) is 21.2. The lowest BCUT2D eigenvalue weighted by Gasteiger charge is -2.19. The minimum Gasteiger partial charge on any atom is -0.361 e. The fourth-order valence-electron chi connectivity index (χ4n) is 5.07. The van der Waals surface area contributed by atoms with Crippen molar-refractivity contribution in [2.45, 2.75) is 31.3 Å². The molecule has 0 unspecified atom stereocenters. The molecule has 0 atom stereocenters. The second-order valence-corrected chi connectivity index (χ2v) is 10.7. The van der Waals surface area contributed by atoms with Crippen LogP contribution in [0.5, 0.6) is 0 Å². The van der Waals surface area contributed by atoms with E-state index in [1.54, 1.807) is 11.8 Å². The maximum atomic E-state index is 5.27. The summed E-state index contributed by atoms with van der Waals surface area (Å²) in [5, 5.41) is 15.2. The lowest BCUT2D eigenvalue weighted by atomic mass is 9.99. The van der Waals surface area contributed by atoms with Crippen molar-refractivity contribution in [1.82, 2.24) is 29.8 Å². The van der Waals surface area contributed by atoms with Crippen molar-refractivity contribution in [2.24, 2.45) is 7.05 Å². The molecule has 2 aromatic carbocycles. The molecule has 0 amide bonds. The third-order valence-corrected chi connectivity index (χ3v) is 8.19. The fraction of sp³-hybridized carbons (Fsp3) is 0.310. The van der Waals surface area contributed by atoms with Gasteiger partial charge in [0.1, 0.15) is 11.5 Å². The molecule has 5 aromatic rings. The molecular formula is C29H30N6OS. The zero-order valence-corrected chi connectivity index (χ0v) is 22.0. The average Bonchev–Trinajstić information content (AvgIpc) is 3.46. The molecule has 37 heavy (non-hydrogen) atoms. The number of thioether (sulfide) groups is 1. The Bertz CT molecular complexity index is 1540. The molecule has 188 valence electrons. The molecule has 0 bridgehead atoms. The number of hydrogen-bond donors (Lipinski definition) is 0. The van der Waals surface area contributed by atoms with E-state index in [2.05, 4.69) is 72.3 Å². The molecule has 8 heteroatoms. The quantitative estimate of drug-likeness (QED) is 0.209. The Morgan fingerprint density at radius 2 is 1.84 bits per heavy atom. The number of para-hydroxylation sites is 1. The first-order valence-electron chi connectivity index (χ1n) is 12.8. The topological polar surface area (TPSA) is 72.9 Å². The van der Waals surface area contributed by atoms with Crippen LogP contribution >= 0.6 is 11.8 Å². The Hall–Kier alpha value is -3.49. The summed E-state index contributed by atoms with van der Waals surface area (Å²) >= 11 is 1.78. The molecule has 0 radical (unpaired) electrons. The van der Waals surface area contributed by atoms with Gasteiger partial charge in [-0.25, -0.2) is 0 Å².